The summed E-state index contributed by atoms with van der Waals surface area (Å²) in [6.07, 6.45) is 1.64. The SMILES string of the molecule is CCOC(=O)C1=C(C)N=c2sc(=Cc3ccc(-c4ccc(F)cc4)o3)c(=O)n2C1c1ccc(OC)cc1. The van der Waals surface area contributed by atoms with Crippen LogP contribution in [-0.2, 0) is 9.53 Å². The third-order valence-electron chi connectivity index (χ3n) is 5.98. The first-order valence-electron chi connectivity index (χ1n) is 11.6. The number of carbonyl (C=O) groups is 1. The summed E-state index contributed by atoms with van der Waals surface area (Å²) in [7, 11) is 1.57. The second-order valence-corrected chi connectivity index (χ2v) is 9.29. The molecule has 0 amide bonds. The lowest BCUT2D eigenvalue weighted by molar-refractivity contribution is -0.139. The lowest BCUT2D eigenvalue weighted by Gasteiger charge is -2.24. The number of allylic oxidation sites excluding steroid dienone is 1. The number of ether oxygens (including phenoxy) is 2. The van der Waals surface area contributed by atoms with E-state index in [9.17, 15) is 14.0 Å². The highest BCUT2D eigenvalue weighted by Gasteiger charge is 2.33. The van der Waals surface area contributed by atoms with E-state index >= 15 is 0 Å². The summed E-state index contributed by atoms with van der Waals surface area (Å²) in [6.45, 7) is 3.67. The number of fused-ring (bicyclic) bond motifs is 1. The second kappa shape index (κ2) is 10.0. The zero-order valence-corrected chi connectivity index (χ0v) is 21.2. The molecule has 2 aromatic heterocycles. The summed E-state index contributed by atoms with van der Waals surface area (Å²) in [4.78, 5) is 31.7. The van der Waals surface area contributed by atoms with Crippen LogP contribution in [0.5, 0.6) is 5.75 Å². The van der Waals surface area contributed by atoms with Gasteiger partial charge in [-0.05, 0) is 67.9 Å². The number of furan rings is 1. The van der Waals surface area contributed by atoms with Crippen LogP contribution in [0.25, 0.3) is 17.4 Å². The molecule has 0 N–H and O–H groups in total. The highest BCUT2D eigenvalue weighted by molar-refractivity contribution is 7.07. The van der Waals surface area contributed by atoms with E-state index in [0.29, 0.717) is 37.9 Å². The summed E-state index contributed by atoms with van der Waals surface area (Å²) < 4.78 is 31.7. The van der Waals surface area contributed by atoms with Crippen molar-refractivity contribution in [3.8, 4) is 17.1 Å². The summed E-state index contributed by atoms with van der Waals surface area (Å²) >= 11 is 1.21. The van der Waals surface area contributed by atoms with Gasteiger partial charge in [0.05, 0.1) is 35.6 Å². The predicted octanol–water partition coefficient (Wildman–Crippen LogP) is 4.21. The van der Waals surface area contributed by atoms with Gasteiger partial charge in [-0.1, -0.05) is 23.5 Å². The van der Waals surface area contributed by atoms with Gasteiger partial charge in [0.1, 0.15) is 23.1 Å². The molecule has 0 bridgehead atoms. The Morgan fingerprint density at radius 3 is 2.54 bits per heavy atom. The maximum Gasteiger partial charge on any atom is 0.338 e. The van der Waals surface area contributed by atoms with E-state index in [4.69, 9.17) is 13.9 Å². The number of thiazole rings is 1. The highest BCUT2D eigenvalue weighted by atomic mass is 32.1. The van der Waals surface area contributed by atoms with Crippen LogP contribution in [0, 0.1) is 5.82 Å². The molecule has 1 aliphatic rings. The molecule has 0 saturated carbocycles. The van der Waals surface area contributed by atoms with Crippen molar-refractivity contribution in [2.75, 3.05) is 13.7 Å². The minimum atomic E-state index is -0.713. The number of aromatic nitrogens is 1. The summed E-state index contributed by atoms with van der Waals surface area (Å²) in [5.74, 6) is 0.821. The largest absolute Gasteiger partial charge is 0.497 e. The van der Waals surface area contributed by atoms with Crippen LogP contribution in [0.15, 0.2) is 86.1 Å². The first-order chi connectivity index (χ1) is 17.9. The van der Waals surface area contributed by atoms with E-state index in [1.807, 2.05) is 12.1 Å². The van der Waals surface area contributed by atoms with E-state index in [1.165, 1.54) is 28.0 Å². The minimum Gasteiger partial charge on any atom is -0.497 e. The lowest BCUT2D eigenvalue weighted by atomic mass is 9.96. The second-order valence-electron chi connectivity index (χ2n) is 8.28. The average Bonchev–Trinajstić information content (AvgIpc) is 3.48. The van der Waals surface area contributed by atoms with Crippen molar-refractivity contribution in [1.29, 1.82) is 0 Å². The topological polar surface area (TPSA) is 83.0 Å². The molecule has 4 aromatic rings. The summed E-state index contributed by atoms with van der Waals surface area (Å²) in [6, 6.07) is 16.0. The smallest absolute Gasteiger partial charge is 0.338 e. The number of hydrogen-bond donors (Lipinski definition) is 0. The molecule has 1 unspecified atom stereocenters. The molecule has 5 rings (SSSR count). The van der Waals surface area contributed by atoms with Crippen LogP contribution in [0.2, 0.25) is 0 Å². The number of nitrogens with zero attached hydrogens (tertiary/aromatic N) is 2. The normalized spacial score (nSPS) is 15.4. The fourth-order valence-corrected chi connectivity index (χ4v) is 5.25. The number of halogens is 1. The van der Waals surface area contributed by atoms with Crippen molar-refractivity contribution < 1.29 is 23.1 Å². The molecule has 3 heterocycles. The minimum absolute atomic E-state index is 0.199. The predicted molar refractivity (Wildman–Crippen MR) is 137 cm³/mol. The van der Waals surface area contributed by atoms with E-state index < -0.39 is 12.0 Å². The summed E-state index contributed by atoms with van der Waals surface area (Å²) in [5.41, 5.74) is 1.93. The van der Waals surface area contributed by atoms with Gasteiger partial charge in [-0.2, -0.15) is 0 Å². The summed E-state index contributed by atoms with van der Waals surface area (Å²) in [5, 5.41) is 0. The van der Waals surface area contributed by atoms with Crippen LogP contribution in [0.1, 0.15) is 31.2 Å². The number of rotatable bonds is 6. The van der Waals surface area contributed by atoms with Gasteiger partial charge in [0.25, 0.3) is 5.56 Å². The molecular formula is C28H23FN2O5S. The molecule has 0 aliphatic carbocycles. The van der Waals surface area contributed by atoms with E-state index in [2.05, 4.69) is 4.99 Å². The Bertz CT molecular complexity index is 1680. The van der Waals surface area contributed by atoms with Gasteiger partial charge >= 0.3 is 5.97 Å². The van der Waals surface area contributed by atoms with Crippen molar-refractivity contribution >= 4 is 23.4 Å². The Balaban J connectivity index is 1.62. The van der Waals surface area contributed by atoms with Crippen molar-refractivity contribution in [2.45, 2.75) is 19.9 Å². The quantitative estimate of drug-likeness (QED) is 0.357. The van der Waals surface area contributed by atoms with Crippen LogP contribution < -0.4 is 19.6 Å². The van der Waals surface area contributed by atoms with Crippen LogP contribution in [0.4, 0.5) is 4.39 Å². The molecule has 7 nitrogen and oxygen atoms in total. The van der Waals surface area contributed by atoms with E-state index in [-0.39, 0.29) is 18.0 Å². The average molecular weight is 519 g/mol. The Labute approximate surface area is 215 Å². The first kappa shape index (κ1) is 24.5. The molecule has 1 atom stereocenters. The molecule has 0 fully saturated rings. The number of hydrogen-bond acceptors (Lipinski definition) is 7. The molecule has 0 spiro atoms. The zero-order valence-electron chi connectivity index (χ0n) is 20.4. The van der Waals surface area contributed by atoms with Crippen molar-refractivity contribution in [1.82, 2.24) is 4.57 Å². The van der Waals surface area contributed by atoms with Gasteiger partial charge in [-0.25, -0.2) is 14.2 Å². The Hall–Kier alpha value is -4.24. The molecule has 9 heteroatoms. The Kier molecular flexibility index (Phi) is 6.62. The number of benzene rings is 2. The van der Waals surface area contributed by atoms with Crippen LogP contribution >= 0.6 is 11.3 Å². The van der Waals surface area contributed by atoms with E-state index in [0.717, 1.165) is 11.1 Å². The Morgan fingerprint density at radius 1 is 1.14 bits per heavy atom. The molecule has 2 aromatic carbocycles. The highest BCUT2D eigenvalue weighted by Crippen LogP contribution is 2.31. The lowest BCUT2D eigenvalue weighted by Crippen LogP contribution is -2.39. The number of esters is 1. The standard InChI is InChI=1S/C28H23FN2O5S/c1-4-35-27(33)24-16(2)30-28-31(25(24)18-7-11-20(34-3)12-8-18)26(32)23(37-28)15-21-13-14-22(36-21)17-5-9-19(29)10-6-17/h5-15,25H,4H2,1-3H3. The maximum atomic E-state index is 13.7. The third kappa shape index (κ3) is 4.65. The molecule has 37 heavy (non-hydrogen) atoms. The number of carbonyl (C=O) groups excluding carboxylic acids is 1. The van der Waals surface area contributed by atoms with Crippen LogP contribution in [-0.4, -0.2) is 24.3 Å². The molecular weight excluding hydrogens is 495 g/mol. The number of methoxy groups -OCH3 is 1. The van der Waals surface area contributed by atoms with Gasteiger partial charge < -0.3 is 13.9 Å². The van der Waals surface area contributed by atoms with Crippen LogP contribution in [0.3, 0.4) is 0 Å². The van der Waals surface area contributed by atoms with Gasteiger partial charge in [0.2, 0.25) is 0 Å². The Morgan fingerprint density at radius 2 is 1.86 bits per heavy atom. The fourth-order valence-electron chi connectivity index (χ4n) is 4.22. The van der Waals surface area contributed by atoms with Gasteiger partial charge in [-0.3, -0.25) is 9.36 Å². The van der Waals surface area contributed by atoms with Gasteiger partial charge in [0, 0.05) is 11.6 Å². The van der Waals surface area contributed by atoms with Gasteiger partial charge in [0.15, 0.2) is 4.80 Å². The monoisotopic (exact) mass is 518 g/mol. The van der Waals surface area contributed by atoms with Crippen molar-refractivity contribution in [2.24, 2.45) is 4.99 Å². The van der Waals surface area contributed by atoms with E-state index in [1.54, 1.807) is 63.4 Å². The molecule has 0 saturated heterocycles. The van der Waals surface area contributed by atoms with Crippen molar-refractivity contribution in [3.63, 3.8) is 0 Å². The zero-order chi connectivity index (χ0) is 26.1. The first-order valence-corrected chi connectivity index (χ1v) is 12.4. The molecule has 188 valence electrons. The molecule has 1 aliphatic heterocycles. The fraction of sp³-hybridized carbons (Fsp3) is 0.179. The van der Waals surface area contributed by atoms with Crippen molar-refractivity contribution in [3.05, 3.63) is 109 Å². The third-order valence-corrected chi connectivity index (χ3v) is 6.96. The maximum absolute atomic E-state index is 13.7. The van der Waals surface area contributed by atoms with Gasteiger partial charge in [-0.15, -0.1) is 0 Å². The molecule has 0 radical (unpaired) electrons.